The lowest BCUT2D eigenvalue weighted by atomic mass is 10.1. The summed E-state index contributed by atoms with van der Waals surface area (Å²) in [7, 11) is 1.54. The number of hydrogen-bond acceptors (Lipinski definition) is 3. The van der Waals surface area contributed by atoms with E-state index in [4.69, 9.17) is 16.3 Å². The van der Waals surface area contributed by atoms with Crippen molar-refractivity contribution in [2.45, 2.75) is 6.54 Å². The Labute approximate surface area is 141 Å². The Morgan fingerprint density at radius 1 is 1.38 bits per heavy atom. The number of phenols is 1. The molecule has 1 amide bonds. The monoisotopic (exact) mass is 417 g/mol. The highest BCUT2D eigenvalue weighted by Gasteiger charge is 2.13. The number of benzene rings is 2. The van der Waals surface area contributed by atoms with Gasteiger partial charge in [0.2, 0.25) is 0 Å². The van der Waals surface area contributed by atoms with E-state index < -0.39 is 0 Å². The predicted molar refractivity (Wildman–Crippen MR) is 90.0 cm³/mol. The van der Waals surface area contributed by atoms with Crippen molar-refractivity contribution in [3.63, 3.8) is 0 Å². The van der Waals surface area contributed by atoms with Gasteiger partial charge in [-0.05, 0) is 52.9 Å². The fraction of sp³-hybridized carbons (Fsp3) is 0.133. The molecule has 2 N–H and O–H groups in total. The molecule has 2 aromatic rings. The number of carbonyl (C=O) groups excluding carboxylic acids is 1. The van der Waals surface area contributed by atoms with Crippen LogP contribution in [0.5, 0.6) is 11.5 Å². The van der Waals surface area contributed by atoms with Gasteiger partial charge in [-0.25, -0.2) is 0 Å². The third-order valence-electron chi connectivity index (χ3n) is 2.92. The summed E-state index contributed by atoms with van der Waals surface area (Å²) in [5, 5.41) is 13.0. The number of halogens is 2. The summed E-state index contributed by atoms with van der Waals surface area (Å²) in [6.07, 6.45) is 0. The van der Waals surface area contributed by atoms with E-state index in [-0.39, 0.29) is 23.8 Å². The quantitative estimate of drug-likeness (QED) is 0.748. The van der Waals surface area contributed by atoms with Crippen LogP contribution in [0.15, 0.2) is 36.4 Å². The van der Waals surface area contributed by atoms with Gasteiger partial charge in [0.05, 0.1) is 12.7 Å². The Bertz CT molecular complexity index is 676. The average molecular weight is 418 g/mol. The van der Waals surface area contributed by atoms with Crippen molar-refractivity contribution < 1.29 is 14.6 Å². The minimum atomic E-state index is -0.368. The molecule has 0 atom stereocenters. The minimum Gasteiger partial charge on any atom is -0.507 e. The van der Waals surface area contributed by atoms with Gasteiger partial charge >= 0.3 is 0 Å². The Balaban J connectivity index is 2.17. The van der Waals surface area contributed by atoms with E-state index in [1.54, 1.807) is 37.4 Å². The second-order valence-corrected chi connectivity index (χ2v) is 5.92. The Kier molecular flexibility index (Phi) is 5.30. The molecule has 0 aliphatic heterocycles. The summed E-state index contributed by atoms with van der Waals surface area (Å²) < 4.78 is 6.09. The van der Waals surface area contributed by atoms with E-state index in [1.807, 2.05) is 0 Å². The molecule has 2 rings (SSSR count). The third kappa shape index (κ3) is 3.79. The first-order valence-electron chi connectivity index (χ1n) is 6.11. The molecule has 0 spiro atoms. The van der Waals surface area contributed by atoms with Gasteiger partial charge in [-0.1, -0.05) is 17.7 Å². The largest absolute Gasteiger partial charge is 0.507 e. The van der Waals surface area contributed by atoms with Crippen LogP contribution in [0.4, 0.5) is 0 Å². The zero-order valence-corrected chi connectivity index (χ0v) is 14.1. The molecule has 0 fully saturated rings. The van der Waals surface area contributed by atoms with Crippen molar-refractivity contribution in [1.82, 2.24) is 5.32 Å². The van der Waals surface area contributed by atoms with Crippen LogP contribution in [0, 0.1) is 3.57 Å². The summed E-state index contributed by atoms with van der Waals surface area (Å²) in [5.41, 5.74) is 0.924. The number of amides is 1. The summed E-state index contributed by atoms with van der Waals surface area (Å²) in [6.45, 7) is 0.215. The van der Waals surface area contributed by atoms with Gasteiger partial charge in [0, 0.05) is 20.7 Å². The molecule has 110 valence electrons. The highest BCUT2D eigenvalue weighted by atomic mass is 127. The fourth-order valence-electron chi connectivity index (χ4n) is 1.86. The molecule has 0 bridgehead atoms. The standard InChI is InChI=1S/C15H13ClINO3/c1-21-14-4-2-3-12(16)11(14)8-18-15(20)10-7-9(17)5-6-13(10)19/h2-7,19H,8H2,1H3,(H,18,20). The van der Waals surface area contributed by atoms with Crippen LogP contribution in [-0.4, -0.2) is 18.1 Å². The maximum absolute atomic E-state index is 12.1. The number of rotatable bonds is 4. The molecule has 21 heavy (non-hydrogen) atoms. The van der Waals surface area contributed by atoms with E-state index in [1.165, 1.54) is 6.07 Å². The van der Waals surface area contributed by atoms with Gasteiger partial charge < -0.3 is 15.2 Å². The molecule has 0 aliphatic rings. The van der Waals surface area contributed by atoms with Crippen molar-refractivity contribution in [3.8, 4) is 11.5 Å². The SMILES string of the molecule is COc1cccc(Cl)c1CNC(=O)c1cc(I)ccc1O. The summed E-state index contributed by atoms with van der Waals surface area (Å²) in [5.74, 6) is 0.182. The number of methoxy groups -OCH3 is 1. The smallest absolute Gasteiger partial charge is 0.255 e. The lowest BCUT2D eigenvalue weighted by Crippen LogP contribution is -2.23. The Hall–Kier alpha value is -1.47. The number of carbonyl (C=O) groups is 1. The number of nitrogens with one attached hydrogen (secondary N) is 1. The van der Waals surface area contributed by atoms with Crippen LogP contribution in [-0.2, 0) is 6.54 Å². The predicted octanol–water partition coefficient (Wildman–Crippen LogP) is 3.59. The normalized spacial score (nSPS) is 10.2. The van der Waals surface area contributed by atoms with Crippen LogP contribution in [0.1, 0.15) is 15.9 Å². The van der Waals surface area contributed by atoms with E-state index in [9.17, 15) is 9.90 Å². The van der Waals surface area contributed by atoms with Gasteiger partial charge in [-0.15, -0.1) is 0 Å². The van der Waals surface area contributed by atoms with Crippen molar-refractivity contribution in [1.29, 1.82) is 0 Å². The molecular weight excluding hydrogens is 405 g/mol. The van der Waals surface area contributed by atoms with Crippen LogP contribution < -0.4 is 10.1 Å². The molecular formula is C15H13ClINO3. The Morgan fingerprint density at radius 2 is 2.14 bits per heavy atom. The molecule has 0 saturated heterocycles. The van der Waals surface area contributed by atoms with Gasteiger partial charge in [0.15, 0.2) is 0 Å². The van der Waals surface area contributed by atoms with E-state index in [0.717, 1.165) is 3.57 Å². The van der Waals surface area contributed by atoms with E-state index >= 15 is 0 Å². The van der Waals surface area contributed by atoms with Crippen molar-refractivity contribution >= 4 is 40.1 Å². The highest BCUT2D eigenvalue weighted by molar-refractivity contribution is 14.1. The third-order valence-corrected chi connectivity index (χ3v) is 3.95. The summed E-state index contributed by atoms with van der Waals surface area (Å²) in [6, 6.07) is 10.1. The molecule has 0 saturated carbocycles. The molecule has 4 nitrogen and oxygen atoms in total. The zero-order chi connectivity index (χ0) is 15.4. The lowest BCUT2D eigenvalue weighted by molar-refractivity contribution is 0.0948. The zero-order valence-electron chi connectivity index (χ0n) is 11.2. The van der Waals surface area contributed by atoms with Crippen LogP contribution >= 0.6 is 34.2 Å². The number of ether oxygens (including phenoxy) is 1. The van der Waals surface area contributed by atoms with Crippen LogP contribution in [0.2, 0.25) is 5.02 Å². The van der Waals surface area contributed by atoms with Crippen molar-refractivity contribution in [2.24, 2.45) is 0 Å². The molecule has 0 aromatic heterocycles. The van der Waals surface area contributed by atoms with Gasteiger partial charge in [-0.2, -0.15) is 0 Å². The van der Waals surface area contributed by atoms with E-state index in [0.29, 0.717) is 16.3 Å². The maximum Gasteiger partial charge on any atom is 0.255 e. The van der Waals surface area contributed by atoms with Gasteiger partial charge in [-0.3, -0.25) is 4.79 Å². The van der Waals surface area contributed by atoms with Crippen LogP contribution in [0.25, 0.3) is 0 Å². The highest BCUT2D eigenvalue weighted by Crippen LogP contribution is 2.26. The first kappa shape index (κ1) is 15.9. The topological polar surface area (TPSA) is 58.6 Å². The van der Waals surface area contributed by atoms with E-state index in [2.05, 4.69) is 27.9 Å². The minimum absolute atomic E-state index is 0.0564. The molecule has 2 aromatic carbocycles. The summed E-state index contributed by atoms with van der Waals surface area (Å²) >= 11 is 8.19. The summed E-state index contributed by atoms with van der Waals surface area (Å²) in [4.78, 5) is 12.1. The number of aromatic hydroxyl groups is 1. The number of phenolic OH excluding ortho intramolecular Hbond substituents is 1. The Morgan fingerprint density at radius 3 is 2.86 bits per heavy atom. The second-order valence-electron chi connectivity index (χ2n) is 4.26. The second kappa shape index (κ2) is 7.00. The molecule has 0 radical (unpaired) electrons. The molecule has 0 aliphatic carbocycles. The maximum atomic E-state index is 12.1. The lowest BCUT2D eigenvalue weighted by Gasteiger charge is -2.12. The molecule has 6 heteroatoms. The number of hydrogen-bond donors (Lipinski definition) is 2. The average Bonchev–Trinajstić information content (AvgIpc) is 2.47. The molecule has 0 unspecified atom stereocenters. The van der Waals surface area contributed by atoms with Gasteiger partial charge in [0.25, 0.3) is 5.91 Å². The van der Waals surface area contributed by atoms with Crippen molar-refractivity contribution in [2.75, 3.05) is 7.11 Å². The molecule has 0 heterocycles. The fourth-order valence-corrected chi connectivity index (χ4v) is 2.58. The first-order valence-corrected chi connectivity index (χ1v) is 7.56. The van der Waals surface area contributed by atoms with Gasteiger partial charge in [0.1, 0.15) is 11.5 Å². The van der Waals surface area contributed by atoms with Crippen molar-refractivity contribution in [3.05, 3.63) is 56.1 Å². The first-order chi connectivity index (χ1) is 10.0. The van der Waals surface area contributed by atoms with Crippen LogP contribution in [0.3, 0.4) is 0 Å².